The molecule has 0 aromatic heterocycles. The van der Waals surface area contributed by atoms with Crippen LogP contribution >= 0.6 is 11.8 Å². The quantitative estimate of drug-likeness (QED) is 0.0469. The molecule has 16 heteroatoms. The van der Waals surface area contributed by atoms with Crippen molar-refractivity contribution in [2.24, 2.45) is 11.7 Å². The SMILES string of the molecule is CC(=O)CSC[C@H](C)C(=O)N[C@@H](CO)C(=O)NCCOCCOCC(=O)N[C@@H](CCCN)C(=O)NCCCCCCCCCCCC(=O)O. The van der Waals surface area contributed by atoms with Gasteiger partial charge in [-0.15, -0.1) is 0 Å². The minimum absolute atomic E-state index is 0.0133. The first-order valence-corrected chi connectivity index (χ1v) is 18.6. The summed E-state index contributed by atoms with van der Waals surface area (Å²) in [6.45, 7) is 3.78. The van der Waals surface area contributed by atoms with Crippen LogP contribution in [0.5, 0.6) is 0 Å². The van der Waals surface area contributed by atoms with E-state index in [1.165, 1.54) is 18.7 Å². The van der Waals surface area contributed by atoms with E-state index in [1.807, 2.05) is 0 Å². The van der Waals surface area contributed by atoms with Crippen molar-refractivity contribution >= 4 is 47.1 Å². The molecule has 0 unspecified atom stereocenters. The number of ketones is 1. The first-order valence-electron chi connectivity index (χ1n) is 17.4. The van der Waals surface area contributed by atoms with Gasteiger partial charge in [-0.3, -0.25) is 28.8 Å². The molecule has 15 nitrogen and oxygen atoms in total. The summed E-state index contributed by atoms with van der Waals surface area (Å²) >= 11 is 1.33. The van der Waals surface area contributed by atoms with Gasteiger partial charge in [-0.25, -0.2) is 0 Å². The molecule has 0 heterocycles. The van der Waals surface area contributed by atoms with Gasteiger partial charge in [-0.1, -0.05) is 51.9 Å². The highest BCUT2D eigenvalue weighted by atomic mass is 32.2. The summed E-state index contributed by atoms with van der Waals surface area (Å²) in [5.41, 5.74) is 5.60. The standard InChI is InChI=1S/C33H61N5O10S/c1-25(23-49-24-26(2)40)31(44)38-28(21-39)33(46)36-17-18-47-19-20-48-22-29(41)37-27(13-12-15-34)32(45)35-16-11-9-7-5-3-4-6-8-10-14-30(42)43/h25,27-28,39H,3-24,34H2,1-2H3,(H,35,45)(H,36,46)(H,37,41)(H,38,44)(H,42,43)/t25-,27-,28-/m0/s1. The van der Waals surface area contributed by atoms with Gasteiger partial charge in [0.05, 0.1) is 32.2 Å². The van der Waals surface area contributed by atoms with E-state index in [1.54, 1.807) is 6.92 Å². The molecule has 0 saturated heterocycles. The van der Waals surface area contributed by atoms with Crippen molar-refractivity contribution in [3.63, 3.8) is 0 Å². The van der Waals surface area contributed by atoms with E-state index in [9.17, 15) is 33.9 Å². The number of hydrogen-bond acceptors (Lipinski definition) is 11. The van der Waals surface area contributed by atoms with Gasteiger partial charge >= 0.3 is 5.97 Å². The fraction of sp³-hybridized carbons (Fsp3) is 0.818. The highest BCUT2D eigenvalue weighted by Gasteiger charge is 2.23. The van der Waals surface area contributed by atoms with Gasteiger partial charge < -0.3 is 46.7 Å². The zero-order valence-corrected chi connectivity index (χ0v) is 30.3. The number of carboxylic acids is 1. The molecule has 0 spiro atoms. The van der Waals surface area contributed by atoms with Crippen LogP contribution in [-0.4, -0.2) is 122 Å². The Balaban J connectivity index is 4.08. The fourth-order valence-corrected chi connectivity index (χ4v) is 5.43. The van der Waals surface area contributed by atoms with Gasteiger partial charge in [-0.05, 0) is 39.2 Å². The van der Waals surface area contributed by atoms with Crippen LogP contribution in [0.15, 0.2) is 0 Å². The predicted molar refractivity (Wildman–Crippen MR) is 188 cm³/mol. The number of carbonyl (C=O) groups excluding carboxylic acids is 5. The highest BCUT2D eigenvalue weighted by Crippen LogP contribution is 2.11. The molecule has 8 N–H and O–H groups in total. The van der Waals surface area contributed by atoms with E-state index in [0.29, 0.717) is 37.4 Å². The number of unbranched alkanes of at least 4 members (excludes halogenated alkanes) is 8. The van der Waals surface area contributed by atoms with Crippen molar-refractivity contribution in [1.29, 1.82) is 0 Å². The second-order valence-electron chi connectivity index (χ2n) is 12.0. The Hall–Kier alpha value is -2.79. The van der Waals surface area contributed by atoms with Crippen LogP contribution in [0.3, 0.4) is 0 Å². The smallest absolute Gasteiger partial charge is 0.303 e. The van der Waals surface area contributed by atoms with Gasteiger partial charge in [0.25, 0.3) is 0 Å². The molecular formula is C33H61N5O10S. The summed E-state index contributed by atoms with van der Waals surface area (Å²) in [6, 6.07) is -1.82. The molecule has 0 saturated carbocycles. The molecule has 49 heavy (non-hydrogen) atoms. The Morgan fingerprint density at radius 2 is 1.33 bits per heavy atom. The average molecular weight is 720 g/mol. The number of aliphatic carboxylic acids is 1. The maximum Gasteiger partial charge on any atom is 0.303 e. The molecule has 0 radical (unpaired) electrons. The number of carboxylic acid groups (broad SMARTS) is 1. The van der Waals surface area contributed by atoms with Crippen molar-refractivity contribution in [3.8, 4) is 0 Å². The van der Waals surface area contributed by atoms with Gasteiger partial charge in [0.15, 0.2) is 0 Å². The lowest BCUT2D eigenvalue weighted by Crippen LogP contribution is -2.51. The van der Waals surface area contributed by atoms with E-state index >= 15 is 0 Å². The van der Waals surface area contributed by atoms with Crippen LogP contribution in [0.4, 0.5) is 0 Å². The van der Waals surface area contributed by atoms with E-state index < -0.39 is 48.3 Å². The van der Waals surface area contributed by atoms with Crippen molar-refractivity contribution in [2.75, 3.05) is 64.2 Å². The minimum atomic E-state index is -1.11. The first-order chi connectivity index (χ1) is 23.5. The number of carbonyl (C=O) groups is 6. The Morgan fingerprint density at radius 3 is 1.94 bits per heavy atom. The second-order valence-corrected chi connectivity index (χ2v) is 13.0. The molecule has 0 rings (SSSR count). The molecule has 0 aliphatic rings. The Labute approximate surface area is 295 Å². The van der Waals surface area contributed by atoms with E-state index in [4.69, 9.17) is 20.3 Å². The third-order valence-corrected chi connectivity index (χ3v) is 8.65. The van der Waals surface area contributed by atoms with E-state index in [2.05, 4.69) is 21.3 Å². The maximum absolute atomic E-state index is 12.7. The normalized spacial score (nSPS) is 12.8. The molecule has 284 valence electrons. The lowest BCUT2D eigenvalue weighted by atomic mass is 10.1. The number of nitrogens with two attached hydrogens (primary N) is 1. The van der Waals surface area contributed by atoms with Crippen LogP contribution in [0.1, 0.15) is 90.9 Å². The number of nitrogens with one attached hydrogen (secondary N) is 4. The molecule has 0 aromatic rings. The van der Waals surface area contributed by atoms with Crippen LogP contribution in [0.25, 0.3) is 0 Å². The van der Waals surface area contributed by atoms with Crippen molar-refractivity contribution in [2.45, 2.75) is 103 Å². The molecule has 0 fully saturated rings. The number of ether oxygens (including phenoxy) is 2. The minimum Gasteiger partial charge on any atom is -0.481 e. The second kappa shape index (κ2) is 31.2. The zero-order chi connectivity index (χ0) is 36.7. The van der Waals surface area contributed by atoms with Crippen LogP contribution in [-0.2, 0) is 38.2 Å². The molecule has 0 aliphatic heterocycles. The van der Waals surface area contributed by atoms with Crippen molar-refractivity contribution in [1.82, 2.24) is 21.3 Å². The number of aliphatic hydroxyl groups is 1. The molecule has 0 bridgehead atoms. The van der Waals surface area contributed by atoms with Gasteiger partial charge in [-0.2, -0.15) is 11.8 Å². The number of hydrogen-bond donors (Lipinski definition) is 7. The van der Waals surface area contributed by atoms with Gasteiger partial charge in [0.2, 0.25) is 23.6 Å². The Morgan fingerprint density at radius 1 is 0.735 bits per heavy atom. The van der Waals surface area contributed by atoms with E-state index in [0.717, 1.165) is 57.8 Å². The summed E-state index contributed by atoms with van der Waals surface area (Å²) in [5, 5.41) is 28.9. The number of Topliss-reactive ketones (excluding diaryl/α,β-unsaturated/α-hetero) is 1. The highest BCUT2D eigenvalue weighted by molar-refractivity contribution is 7.99. The lowest BCUT2D eigenvalue weighted by Gasteiger charge is -2.19. The Bertz CT molecular complexity index is 959. The van der Waals surface area contributed by atoms with Crippen molar-refractivity contribution in [3.05, 3.63) is 0 Å². The largest absolute Gasteiger partial charge is 0.481 e. The van der Waals surface area contributed by atoms with Crippen LogP contribution in [0, 0.1) is 5.92 Å². The van der Waals surface area contributed by atoms with Crippen LogP contribution < -0.4 is 27.0 Å². The molecule has 4 amide bonds. The predicted octanol–water partition coefficient (Wildman–Crippen LogP) is 0.897. The lowest BCUT2D eigenvalue weighted by molar-refractivity contribution is -0.137. The number of rotatable bonds is 33. The molecule has 0 aromatic carbocycles. The van der Waals surface area contributed by atoms with Gasteiger partial charge in [0, 0.05) is 31.2 Å². The third kappa shape index (κ3) is 27.7. The van der Waals surface area contributed by atoms with Crippen molar-refractivity contribution < 1.29 is 48.5 Å². The number of amides is 4. The Kier molecular flexibility index (Phi) is 29.4. The van der Waals surface area contributed by atoms with Gasteiger partial charge in [0.1, 0.15) is 24.5 Å². The first kappa shape index (κ1) is 46.2. The average Bonchev–Trinajstić information content (AvgIpc) is 3.06. The summed E-state index contributed by atoms with van der Waals surface area (Å²) in [6.07, 6.45) is 10.2. The third-order valence-electron chi connectivity index (χ3n) is 7.30. The number of thioether (sulfide) groups is 1. The van der Waals surface area contributed by atoms with E-state index in [-0.39, 0.29) is 51.1 Å². The van der Waals surface area contributed by atoms with Crippen LogP contribution in [0.2, 0.25) is 0 Å². The molecular weight excluding hydrogens is 658 g/mol. The zero-order valence-electron chi connectivity index (χ0n) is 29.4. The molecule has 3 atom stereocenters. The summed E-state index contributed by atoms with van der Waals surface area (Å²) in [4.78, 5) is 71.2. The molecule has 0 aliphatic carbocycles. The topological polar surface area (TPSA) is 235 Å². The summed E-state index contributed by atoms with van der Waals surface area (Å²) < 4.78 is 10.7. The number of aliphatic hydroxyl groups excluding tert-OH is 1. The maximum atomic E-state index is 12.7. The summed E-state index contributed by atoms with van der Waals surface area (Å²) in [5.74, 6) is -2.09. The summed E-state index contributed by atoms with van der Waals surface area (Å²) in [7, 11) is 0. The monoisotopic (exact) mass is 719 g/mol. The fourth-order valence-electron chi connectivity index (χ4n) is 4.52.